The minimum Gasteiger partial charge on any atom is -0.503 e. The van der Waals surface area contributed by atoms with Crippen molar-refractivity contribution in [3.8, 4) is 5.75 Å². The summed E-state index contributed by atoms with van der Waals surface area (Å²) in [6, 6.07) is 5.87. The van der Waals surface area contributed by atoms with Crippen molar-refractivity contribution >= 4 is 17.7 Å². The van der Waals surface area contributed by atoms with Gasteiger partial charge in [0.05, 0.1) is 11.6 Å². The van der Waals surface area contributed by atoms with Gasteiger partial charge in [-0.1, -0.05) is 32.9 Å². The van der Waals surface area contributed by atoms with Crippen molar-refractivity contribution in [2.45, 2.75) is 40.2 Å². The number of benzene rings is 1. The normalized spacial score (nSPS) is 17.2. The molecule has 0 spiro atoms. The molecular weight excluding hydrogens is 362 g/mol. The summed E-state index contributed by atoms with van der Waals surface area (Å²) in [6.07, 6.45) is 0.564. The van der Waals surface area contributed by atoms with Crippen molar-refractivity contribution < 1.29 is 29.0 Å². The van der Waals surface area contributed by atoms with Gasteiger partial charge in [0.1, 0.15) is 5.75 Å². The number of aliphatic hydroxyl groups is 1. The van der Waals surface area contributed by atoms with E-state index < -0.39 is 29.1 Å². The Morgan fingerprint density at radius 3 is 2.29 bits per heavy atom. The highest BCUT2D eigenvalue weighted by molar-refractivity contribution is 6.10. The molecule has 1 heterocycles. The van der Waals surface area contributed by atoms with Gasteiger partial charge >= 0.3 is 5.97 Å². The number of hydrogen-bond acceptors (Lipinski definition) is 6. The van der Waals surface area contributed by atoms with Crippen LogP contribution in [0.15, 0.2) is 35.6 Å². The number of Topliss-reactive ketones (excluding diaryl/α,β-unsaturated/α-hetero) is 1. The molecule has 7 heteroatoms. The van der Waals surface area contributed by atoms with Crippen molar-refractivity contribution in [3.05, 3.63) is 41.2 Å². The van der Waals surface area contributed by atoms with E-state index in [0.29, 0.717) is 30.9 Å². The summed E-state index contributed by atoms with van der Waals surface area (Å²) in [6.45, 7) is 7.32. The lowest BCUT2D eigenvalue weighted by molar-refractivity contribution is -0.132. The third-order valence-corrected chi connectivity index (χ3v) is 4.43. The zero-order chi connectivity index (χ0) is 21.1. The minimum atomic E-state index is -0.762. The molecular formula is C21H27NO6. The molecule has 7 nitrogen and oxygen atoms in total. The predicted octanol–water partition coefficient (Wildman–Crippen LogP) is 2.96. The quantitative estimate of drug-likeness (QED) is 0.438. The summed E-state index contributed by atoms with van der Waals surface area (Å²) in [5, 5.41) is 10.5. The third-order valence-electron chi connectivity index (χ3n) is 4.43. The summed E-state index contributed by atoms with van der Waals surface area (Å²) >= 11 is 0. The summed E-state index contributed by atoms with van der Waals surface area (Å²) in [5.41, 5.74) is -0.0179. The zero-order valence-electron chi connectivity index (χ0n) is 16.9. The number of ether oxygens (including phenoxy) is 2. The molecule has 0 saturated heterocycles. The van der Waals surface area contributed by atoms with E-state index in [1.165, 1.54) is 11.8 Å². The Labute approximate surface area is 164 Å². The van der Waals surface area contributed by atoms with E-state index in [-0.39, 0.29) is 11.4 Å². The number of ketones is 1. The highest BCUT2D eigenvalue weighted by atomic mass is 16.5. The molecule has 1 atom stereocenters. The molecule has 0 radical (unpaired) electrons. The topological polar surface area (TPSA) is 93.1 Å². The zero-order valence-corrected chi connectivity index (χ0v) is 16.9. The van der Waals surface area contributed by atoms with Gasteiger partial charge in [-0.3, -0.25) is 14.4 Å². The van der Waals surface area contributed by atoms with E-state index in [0.717, 1.165) is 0 Å². The SMILES string of the molecule is COCCCN1C(=O)C(O)=C(C(=O)C(C)(C)C)C1c1ccc(OC(C)=O)cc1. The van der Waals surface area contributed by atoms with Gasteiger partial charge in [0.2, 0.25) is 0 Å². The molecule has 0 aromatic heterocycles. The van der Waals surface area contributed by atoms with E-state index >= 15 is 0 Å². The van der Waals surface area contributed by atoms with E-state index in [9.17, 15) is 19.5 Å². The molecule has 2 rings (SSSR count). The van der Waals surface area contributed by atoms with Crippen molar-refractivity contribution in [2.75, 3.05) is 20.3 Å². The number of esters is 1. The van der Waals surface area contributed by atoms with Crippen LogP contribution in [-0.4, -0.2) is 47.9 Å². The molecule has 1 amide bonds. The Bertz CT molecular complexity index is 788. The van der Waals surface area contributed by atoms with E-state index in [4.69, 9.17) is 9.47 Å². The average molecular weight is 389 g/mol. The molecule has 0 aliphatic carbocycles. The molecule has 152 valence electrons. The number of aliphatic hydroxyl groups excluding tert-OH is 1. The third kappa shape index (κ3) is 4.59. The first-order valence-electron chi connectivity index (χ1n) is 9.14. The molecule has 0 fully saturated rings. The summed E-state index contributed by atoms with van der Waals surface area (Å²) in [4.78, 5) is 38.3. The molecule has 1 aliphatic heterocycles. The highest BCUT2D eigenvalue weighted by Crippen LogP contribution is 2.41. The molecule has 1 aromatic carbocycles. The van der Waals surface area contributed by atoms with Crippen molar-refractivity contribution in [3.63, 3.8) is 0 Å². The first kappa shape index (κ1) is 21.6. The number of methoxy groups -OCH3 is 1. The molecule has 1 N–H and O–H groups in total. The second-order valence-electron chi connectivity index (χ2n) is 7.75. The van der Waals surface area contributed by atoms with Crippen LogP contribution in [0.2, 0.25) is 0 Å². The van der Waals surface area contributed by atoms with Crippen molar-refractivity contribution in [1.29, 1.82) is 0 Å². The number of rotatable bonds is 7. The first-order valence-corrected chi connectivity index (χ1v) is 9.14. The number of nitrogens with zero attached hydrogens (tertiary/aromatic N) is 1. The molecule has 1 aliphatic rings. The second-order valence-corrected chi connectivity index (χ2v) is 7.75. The monoisotopic (exact) mass is 389 g/mol. The average Bonchev–Trinajstić information content (AvgIpc) is 2.85. The highest BCUT2D eigenvalue weighted by Gasteiger charge is 2.45. The maximum atomic E-state index is 13.0. The maximum absolute atomic E-state index is 13.0. The van der Waals surface area contributed by atoms with Crippen LogP contribution in [0.5, 0.6) is 5.75 Å². The van der Waals surface area contributed by atoms with Crippen LogP contribution in [0.1, 0.15) is 45.7 Å². The number of hydrogen-bond donors (Lipinski definition) is 1. The Kier molecular flexibility index (Phi) is 6.61. The Hall–Kier alpha value is -2.67. The molecule has 1 aromatic rings. The molecule has 28 heavy (non-hydrogen) atoms. The van der Waals surface area contributed by atoms with E-state index in [1.807, 2.05) is 0 Å². The summed E-state index contributed by atoms with van der Waals surface area (Å²) < 4.78 is 10.1. The van der Waals surface area contributed by atoms with Gasteiger partial charge in [-0.05, 0) is 24.1 Å². The summed E-state index contributed by atoms with van der Waals surface area (Å²) in [5.74, 6) is -1.44. The van der Waals surface area contributed by atoms with Gasteiger partial charge in [0.15, 0.2) is 11.5 Å². The molecule has 0 bridgehead atoms. The maximum Gasteiger partial charge on any atom is 0.308 e. The van der Waals surface area contributed by atoms with Crippen LogP contribution in [0.3, 0.4) is 0 Å². The largest absolute Gasteiger partial charge is 0.503 e. The molecule has 0 saturated carbocycles. The number of amides is 1. The van der Waals surface area contributed by atoms with Gasteiger partial charge in [0, 0.05) is 32.6 Å². The lowest BCUT2D eigenvalue weighted by Gasteiger charge is -2.29. The van der Waals surface area contributed by atoms with Crippen LogP contribution in [0.25, 0.3) is 0 Å². The number of carbonyl (C=O) groups is 3. The van der Waals surface area contributed by atoms with Crippen LogP contribution in [0, 0.1) is 5.41 Å². The first-order chi connectivity index (χ1) is 13.1. The van der Waals surface area contributed by atoms with E-state index in [1.54, 1.807) is 52.1 Å². The minimum absolute atomic E-state index is 0.0927. The summed E-state index contributed by atoms with van der Waals surface area (Å²) in [7, 11) is 1.57. The van der Waals surface area contributed by atoms with Crippen LogP contribution < -0.4 is 4.74 Å². The Morgan fingerprint density at radius 2 is 1.79 bits per heavy atom. The lowest BCUT2D eigenvalue weighted by atomic mass is 9.82. The van der Waals surface area contributed by atoms with Crippen molar-refractivity contribution in [2.24, 2.45) is 5.41 Å². The van der Waals surface area contributed by atoms with Gasteiger partial charge in [-0.15, -0.1) is 0 Å². The number of carbonyl (C=O) groups excluding carboxylic acids is 3. The van der Waals surface area contributed by atoms with Gasteiger partial charge < -0.3 is 19.5 Å². The molecule has 1 unspecified atom stereocenters. The van der Waals surface area contributed by atoms with E-state index in [2.05, 4.69) is 0 Å². The standard InChI is InChI=1S/C21H27NO6/c1-13(23)28-15-9-7-14(8-10-15)17-16(19(25)21(2,3)4)18(24)20(26)22(17)11-6-12-27-5/h7-10,17,24H,6,11-12H2,1-5H3. The van der Waals surface area contributed by atoms with Gasteiger partial charge in [0.25, 0.3) is 5.91 Å². The van der Waals surface area contributed by atoms with Crippen LogP contribution in [0.4, 0.5) is 0 Å². The lowest BCUT2D eigenvalue weighted by Crippen LogP contribution is -2.34. The Balaban J connectivity index is 2.46. The van der Waals surface area contributed by atoms with Gasteiger partial charge in [-0.25, -0.2) is 0 Å². The smallest absolute Gasteiger partial charge is 0.308 e. The van der Waals surface area contributed by atoms with Crippen LogP contribution >= 0.6 is 0 Å². The van der Waals surface area contributed by atoms with Crippen LogP contribution in [-0.2, 0) is 19.1 Å². The fraction of sp³-hybridized carbons (Fsp3) is 0.476. The Morgan fingerprint density at radius 1 is 1.18 bits per heavy atom. The second kappa shape index (κ2) is 8.56. The fourth-order valence-corrected chi connectivity index (χ4v) is 3.13. The predicted molar refractivity (Wildman–Crippen MR) is 103 cm³/mol. The fourth-order valence-electron chi connectivity index (χ4n) is 3.13. The van der Waals surface area contributed by atoms with Gasteiger partial charge in [-0.2, -0.15) is 0 Å². The van der Waals surface area contributed by atoms with Crippen molar-refractivity contribution in [1.82, 2.24) is 4.90 Å².